The van der Waals surface area contributed by atoms with Crippen molar-refractivity contribution in [2.24, 2.45) is 0 Å². The molecule has 0 aliphatic heterocycles. The number of nitrogens with zero attached hydrogens (tertiary/aromatic N) is 2. The highest BCUT2D eigenvalue weighted by atomic mass is 16.5. The third kappa shape index (κ3) is 4.80. The van der Waals surface area contributed by atoms with Crippen LogP contribution < -0.4 is 15.4 Å². The summed E-state index contributed by atoms with van der Waals surface area (Å²) in [6, 6.07) is 15.0. The summed E-state index contributed by atoms with van der Waals surface area (Å²) in [5.74, 6) is 1.33. The molecule has 1 amide bonds. The number of ether oxygens (including phenoxy) is 1. The molecule has 2 heterocycles. The van der Waals surface area contributed by atoms with Crippen LogP contribution in [-0.2, 0) is 13.1 Å². The summed E-state index contributed by atoms with van der Waals surface area (Å²) in [7, 11) is 1.64. The van der Waals surface area contributed by atoms with E-state index in [4.69, 9.17) is 4.74 Å². The van der Waals surface area contributed by atoms with Gasteiger partial charge in [-0.25, -0.2) is 4.98 Å². The van der Waals surface area contributed by atoms with Crippen molar-refractivity contribution in [1.29, 1.82) is 0 Å². The van der Waals surface area contributed by atoms with Gasteiger partial charge in [0.15, 0.2) is 0 Å². The van der Waals surface area contributed by atoms with E-state index in [2.05, 4.69) is 20.6 Å². The van der Waals surface area contributed by atoms with Gasteiger partial charge < -0.3 is 15.4 Å². The molecule has 26 heavy (non-hydrogen) atoms. The maximum absolute atomic E-state index is 12.3. The van der Waals surface area contributed by atoms with Crippen molar-refractivity contribution in [3.8, 4) is 5.75 Å². The molecule has 0 radical (unpaired) electrons. The average Bonchev–Trinajstić information content (AvgIpc) is 2.72. The Morgan fingerprint density at radius 3 is 2.42 bits per heavy atom. The Bertz CT molecular complexity index is 851. The number of benzene rings is 1. The number of hydrogen-bond acceptors (Lipinski definition) is 5. The Balaban J connectivity index is 1.57. The van der Waals surface area contributed by atoms with E-state index in [1.54, 1.807) is 37.8 Å². The normalized spacial score (nSPS) is 10.2. The molecule has 6 nitrogen and oxygen atoms in total. The molecule has 0 saturated heterocycles. The predicted molar refractivity (Wildman–Crippen MR) is 100.0 cm³/mol. The molecule has 3 rings (SSSR count). The molecule has 0 fully saturated rings. The molecule has 2 N–H and O–H groups in total. The van der Waals surface area contributed by atoms with Crippen molar-refractivity contribution in [1.82, 2.24) is 15.3 Å². The van der Waals surface area contributed by atoms with Gasteiger partial charge in [-0.15, -0.1) is 0 Å². The van der Waals surface area contributed by atoms with E-state index in [9.17, 15) is 4.79 Å². The summed E-state index contributed by atoms with van der Waals surface area (Å²) < 4.78 is 5.15. The lowest BCUT2D eigenvalue weighted by atomic mass is 10.2. The van der Waals surface area contributed by atoms with Crippen LogP contribution in [0.15, 0.2) is 67.1 Å². The number of amides is 1. The molecule has 0 saturated carbocycles. The number of nitrogens with one attached hydrogen (secondary N) is 2. The second-order valence-corrected chi connectivity index (χ2v) is 5.67. The zero-order valence-corrected chi connectivity index (χ0v) is 14.5. The average molecular weight is 348 g/mol. The first kappa shape index (κ1) is 17.4. The molecule has 1 aromatic carbocycles. The molecule has 6 heteroatoms. The van der Waals surface area contributed by atoms with E-state index >= 15 is 0 Å². The quantitative estimate of drug-likeness (QED) is 0.686. The topological polar surface area (TPSA) is 76.1 Å². The van der Waals surface area contributed by atoms with Crippen LogP contribution in [0.25, 0.3) is 0 Å². The number of rotatable bonds is 7. The van der Waals surface area contributed by atoms with Crippen molar-refractivity contribution in [2.45, 2.75) is 13.1 Å². The van der Waals surface area contributed by atoms with Gasteiger partial charge in [-0.05, 0) is 47.5 Å². The summed E-state index contributed by atoms with van der Waals surface area (Å²) >= 11 is 0. The number of aromatic nitrogens is 2. The van der Waals surface area contributed by atoms with Gasteiger partial charge in [0.2, 0.25) is 0 Å². The van der Waals surface area contributed by atoms with Crippen LogP contribution in [0.2, 0.25) is 0 Å². The molecular weight excluding hydrogens is 328 g/mol. The second kappa shape index (κ2) is 8.62. The molecule has 0 bridgehead atoms. The molecule has 0 spiro atoms. The monoisotopic (exact) mass is 348 g/mol. The fourth-order valence-electron chi connectivity index (χ4n) is 2.39. The number of pyridine rings is 2. The van der Waals surface area contributed by atoms with Gasteiger partial charge >= 0.3 is 0 Å². The van der Waals surface area contributed by atoms with Gasteiger partial charge in [-0.3, -0.25) is 9.78 Å². The highest BCUT2D eigenvalue weighted by Gasteiger charge is 2.07. The maximum Gasteiger partial charge on any atom is 0.251 e. The van der Waals surface area contributed by atoms with Crippen molar-refractivity contribution < 1.29 is 9.53 Å². The molecule has 0 unspecified atom stereocenters. The largest absolute Gasteiger partial charge is 0.497 e. The van der Waals surface area contributed by atoms with E-state index in [-0.39, 0.29) is 5.91 Å². The van der Waals surface area contributed by atoms with Crippen LogP contribution in [0.3, 0.4) is 0 Å². The van der Waals surface area contributed by atoms with E-state index < -0.39 is 0 Å². The second-order valence-electron chi connectivity index (χ2n) is 5.67. The first-order valence-electron chi connectivity index (χ1n) is 8.24. The SMILES string of the molecule is COc1ccc(CNc2cc(C(=O)NCc3ccncc3)ccn2)cc1. The van der Waals surface area contributed by atoms with Crippen LogP contribution in [-0.4, -0.2) is 23.0 Å². The number of carbonyl (C=O) groups excluding carboxylic acids is 1. The summed E-state index contributed by atoms with van der Waals surface area (Å²) in [4.78, 5) is 20.5. The Kier molecular flexibility index (Phi) is 5.77. The Morgan fingerprint density at radius 2 is 1.69 bits per heavy atom. The third-order valence-corrected chi connectivity index (χ3v) is 3.86. The number of anilines is 1. The molecular formula is C20H20N4O2. The van der Waals surface area contributed by atoms with Crippen LogP contribution in [0.5, 0.6) is 5.75 Å². The van der Waals surface area contributed by atoms with Crippen molar-refractivity contribution in [3.05, 3.63) is 83.8 Å². The van der Waals surface area contributed by atoms with Crippen molar-refractivity contribution in [3.63, 3.8) is 0 Å². The first-order valence-corrected chi connectivity index (χ1v) is 8.24. The minimum atomic E-state index is -0.142. The summed E-state index contributed by atoms with van der Waals surface area (Å²) in [6.07, 6.45) is 5.03. The highest BCUT2D eigenvalue weighted by Crippen LogP contribution is 2.13. The fraction of sp³-hybridized carbons (Fsp3) is 0.150. The number of hydrogen-bond donors (Lipinski definition) is 2. The van der Waals surface area contributed by atoms with Crippen LogP contribution in [0.4, 0.5) is 5.82 Å². The molecule has 2 aromatic heterocycles. The lowest BCUT2D eigenvalue weighted by molar-refractivity contribution is 0.0951. The number of methoxy groups -OCH3 is 1. The minimum Gasteiger partial charge on any atom is -0.497 e. The third-order valence-electron chi connectivity index (χ3n) is 3.86. The molecule has 0 aliphatic carbocycles. The van der Waals surface area contributed by atoms with E-state index in [1.165, 1.54) is 0 Å². The van der Waals surface area contributed by atoms with Crippen LogP contribution in [0, 0.1) is 0 Å². The maximum atomic E-state index is 12.3. The zero-order chi connectivity index (χ0) is 18.2. The summed E-state index contributed by atoms with van der Waals surface area (Å²) in [6.45, 7) is 1.07. The lowest BCUT2D eigenvalue weighted by Gasteiger charge is -2.09. The number of carbonyl (C=O) groups is 1. The van der Waals surface area contributed by atoms with Crippen LogP contribution >= 0.6 is 0 Å². The summed E-state index contributed by atoms with van der Waals surface area (Å²) in [5, 5.41) is 6.12. The van der Waals surface area contributed by atoms with Gasteiger partial charge in [-0.1, -0.05) is 12.1 Å². The Labute approximate surface area is 152 Å². The van der Waals surface area contributed by atoms with E-state index in [0.29, 0.717) is 24.5 Å². The molecule has 3 aromatic rings. The highest BCUT2D eigenvalue weighted by molar-refractivity contribution is 5.94. The summed E-state index contributed by atoms with van der Waals surface area (Å²) in [5.41, 5.74) is 2.66. The van der Waals surface area contributed by atoms with E-state index in [0.717, 1.165) is 16.9 Å². The van der Waals surface area contributed by atoms with Crippen molar-refractivity contribution in [2.75, 3.05) is 12.4 Å². The van der Waals surface area contributed by atoms with Gasteiger partial charge in [0.05, 0.1) is 7.11 Å². The predicted octanol–water partition coefficient (Wildman–Crippen LogP) is 3.03. The Hall–Kier alpha value is -3.41. The lowest BCUT2D eigenvalue weighted by Crippen LogP contribution is -2.23. The standard InChI is InChI=1S/C20H20N4O2/c1-26-18-4-2-15(3-5-18)13-23-19-12-17(8-11-22-19)20(25)24-14-16-6-9-21-10-7-16/h2-12H,13-14H2,1H3,(H,22,23)(H,24,25). The van der Waals surface area contributed by atoms with Gasteiger partial charge in [-0.2, -0.15) is 0 Å². The smallest absolute Gasteiger partial charge is 0.251 e. The Morgan fingerprint density at radius 1 is 0.962 bits per heavy atom. The van der Waals surface area contributed by atoms with E-state index in [1.807, 2.05) is 36.4 Å². The van der Waals surface area contributed by atoms with Crippen LogP contribution in [0.1, 0.15) is 21.5 Å². The molecule has 132 valence electrons. The van der Waals surface area contributed by atoms with Gasteiger partial charge in [0.1, 0.15) is 11.6 Å². The first-order chi connectivity index (χ1) is 12.7. The minimum absolute atomic E-state index is 0.142. The van der Waals surface area contributed by atoms with Gasteiger partial charge in [0.25, 0.3) is 5.91 Å². The molecule has 0 atom stereocenters. The fourth-order valence-corrected chi connectivity index (χ4v) is 2.39. The van der Waals surface area contributed by atoms with Gasteiger partial charge in [0, 0.05) is 37.2 Å². The van der Waals surface area contributed by atoms with Crippen molar-refractivity contribution >= 4 is 11.7 Å². The molecule has 0 aliphatic rings. The zero-order valence-electron chi connectivity index (χ0n) is 14.5.